The van der Waals surface area contributed by atoms with Crippen LogP contribution in [0.5, 0.6) is 0 Å². The fraction of sp³-hybridized carbons (Fsp3) is 0.923. The molecule has 0 aromatic heterocycles. The molecule has 0 radical (unpaired) electrons. The van der Waals surface area contributed by atoms with E-state index in [0.717, 1.165) is 38.6 Å². The van der Waals surface area contributed by atoms with Crippen molar-refractivity contribution in [2.45, 2.75) is 52.0 Å². The van der Waals surface area contributed by atoms with Crippen molar-refractivity contribution in [1.82, 2.24) is 4.90 Å². The molecule has 1 atom stereocenters. The molecule has 3 heteroatoms. The fourth-order valence-corrected chi connectivity index (χ4v) is 2.72. The molecule has 0 aromatic carbocycles. The SMILES string of the molecule is CCC(CC)N(CCO)CC1CCCC1=O. The van der Waals surface area contributed by atoms with Crippen LogP contribution in [-0.2, 0) is 4.79 Å². The summed E-state index contributed by atoms with van der Waals surface area (Å²) in [4.78, 5) is 13.9. The highest BCUT2D eigenvalue weighted by molar-refractivity contribution is 5.83. The Labute approximate surface area is 98.8 Å². The highest BCUT2D eigenvalue weighted by atomic mass is 16.3. The first-order valence-electron chi connectivity index (χ1n) is 6.60. The monoisotopic (exact) mass is 227 g/mol. The summed E-state index contributed by atoms with van der Waals surface area (Å²) < 4.78 is 0. The van der Waals surface area contributed by atoms with Crippen molar-refractivity contribution in [2.75, 3.05) is 19.7 Å². The smallest absolute Gasteiger partial charge is 0.137 e. The Morgan fingerprint density at radius 2 is 2.12 bits per heavy atom. The van der Waals surface area contributed by atoms with Crippen molar-refractivity contribution in [3.63, 3.8) is 0 Å². The molecular formula is C13H25NO2. The molecule has 1 unspecified atom stereocenters. The van der Waals surface area contributed by atoms with Crippen LogP contribution < -0.4 is 0 Å². The Morgan fingerprint density at radius 1 is 1.44 bits per heavy atom. The number of nitrogens with zero attached hydrogens (tertiary/aromatic N) is 1. The first-order chi connectivity index (χ1) is 7.72. The molecule has 1 aliphatic rings. The van der Waals surface area contributed by atoms with Crippen molar-refractivity contribution >= 4 is 5.78 Å². The van der Waals surface area contributed by atoms with Crippen LogP contribution in [0, 0.1) is 5.92 Å². The van der Waals surface area contributed by atoms with E-state index in [1.165, 1.54) is 0 Å². The van der Waals surface area contributed by atoms with E-state index >= 15 is 0 Å². The van der Waals surface area contributed by atoms with E-state index in [0.29, 0.717) is 18.4 Å². The standard InChI is InChI=1S/C13H25NO2/c1-3-12(4-2)14(8-9-15)10-11-6-5-7-13(11)16/h11-12,15H,3-10H2,1-2H3. The van der Waals surface area contributed by atoms with E-state index in [2.05, 4.69) is 18.7 Å². The second-order valence-electron chi connectivity index (χ2n) is 4.74. The van der Waals surface area contributed by atoms with Gasteiger partial charge in [-0.25, -0.2) is 0 Å². The number of Topliss-reactive ketones (excluding diaryl/α,β-unsaturated/α-hetero) is 1. The van der Waals surface area contributed by atoms with Gasteiger partial charge in [-0.3, -0.25) is 9.69 Å². The number of carbonyl (C=O) groups is 1. The summed E-state index contributed by atoms with van der Waals surface area (Å²) in [6.07, 6.45) is 5.05. The van der Waals surface area contributed by atoms with Crippen LogP contribution in [-0.4, -0.2) is 41.5 Å². The number of carbonyl (C=O) groups excluding carboxylic acids is 1. The fourth-order valence-electron chi connectivity index (χ4n) is 2.72. The van der Waals surface area contributed by atoms with Crippen molar-refractivity contribution < 1.29 is 9.90 Å². The summed E-state index contributed by atoms with van der Waals surface area (Å²) in [6, 6.07) is 0.514. The zero-order valence-corrected chi connectivity index (χ0v) is 10.6. The van der Waals surface area contributed by atoms with Crippen LogP contribution in [0.4, 0.5) is 0 Å². The predicted molar refractivity (Wildman–Crippen MR) is 65.4 cm³/mol. The van der Waals surface area contributed by atoms with Crippen molar-refractivity contribution in [3.8, 4) is 0 Å². The number of ketones is 1. The Balaban J connectivity index is 2.52. The number of aliphatic hydroxyl groups is 1. The van der Waals surface area contributed by atoms with Gasteiger partial charge in [0.25, 0.3) is 0 Å². The third-order valence-electron chi connectivity index (χ3n) is 3.73. The zero-order chi connectivity index (χ0) is 12.0. The lowest BCUT2D eigenvalue weighted by molar-refractivity contribution is -0.121. The largest absolute Gasteiger partial charge is 0.395 e. The lowest BCUT2D eigenvalue weighted by Crippen LogP contribution is -2.40. The number of hydrogen-bond donors (Lipinski definition) is 1. The molecule has 0 amide bonds. The summed E-state index contributed by atoms with van der Waals surface area (Å²) in [5.41, 5.74) is 0. The Hall–Kier alpha value is -0.410. The third kappa shape index (κ3) is 3.56. The lowest BCUT2D eigenvalue weighted by Gasteiger charge is -2.31. The minimum Gasteiger partial charge on any atom is -0.395 e. The molecule has 94 valence electrons. The molecule has 16 heavy (non-hydrogen) atoms. The van der Waals surface area contributed by atoms with Crippen LogP contribution in [0.25, 0.3) is 0 Å². The second-order valence-corrected chi connectivity index (χ2v) is 4.74. The van der Waals surface area contributed by atoms with Gasteiger partial charge in [0, 0.05) is 31.5 Å². The summed E-state index contributed by atoms with van der Waals surface area (Å²) in [7, 11) is 0. The molecule has 0 heterocycles. The van der Waals surface area contributed by atoms with E-state index < -0.39 is 0 Å². The zero-order valence-electron chi connectivity index (χ0n) is 10.6. The Bertz CT molecular complexity index is 214. The van der Waals surface area contributed by atoms with E-state index in [1.54, 1.807) is 0 Å². The van der Waals surface area contributed by atoms with Gasteiger partial charge in [0.05, 0.1) is 6.61 Å². The van der Waals surface area contributed by atoms with E-state index in [4.69, 9.17) is 5.11 Å². The van der Waals surface area contributed by atoms with Gasteiger partial charge < -0.3 is 5.11 Å². The van der Waals surface area contributed by atoms with Crippen LogP contribution in [0.1, 0.15) is 46.0 Å². The minimum atomic E-state index is 0.192. The topological polar surface area (TPSA) is 40.5 Å². The molecule has 1 saturated carbocycles. The van der Waals surface area contributed by atoms with Gasteiger partial charge in [0.2, 0.25) is 0 Å². The van der Waals surface area contributed by atoms with Crippen LogP contribution in [0.3, 0.4) is 0 Å². The summed E-state index contributed by atoms with van der Waals surface area (Å²) in [6.45, 7) is 6.10. The third-order valence-corrected chi connectivity index (χ3v) is 3.73. The normalized spacial score (nSPS) is 21.3. The van der Waals surface area contributed by atoms with Crippen molar-refractivity contribution in [1.29, 1.82) is 0 Å². The first kappa shape index (κ1) is 13.7. The maximum absolute atomic E-state index is 11.6. The maximum atomic E-state index is 11.6. The van der Waals surface area contributed by atoms with E-state index in [1.807, 2.05) is 0 Å². The molecule has 1 aliphatic carbocycles. The molecular weight excluding hydrogens is 202 g/mol. The van der Waals surface area contributed by atoms with Gasteiger partial charge in [0.15, 0.2) is 0 Å². The Morgan fingerprint density at radius 3 is 2.56 bits per heavy atom. The molecule has 1 fully saturated rings. The molecule has 0 aliphatic heterocycles. The summed E-state index contributed by atoms with van der Waals surface area (Å²) >= 11 is 0. The maximum Gasteiger partial charge on any atom is 0.137 e. The van der Waals surface area contributed by atoms with Crippen LogP contribution in [0.2, 0.25) is 0 Å². The second kappa shape index (κ2) is 7.02. The van der Waals surface area contributed by atoms with Gasteiger partial charge in [-0.15, -0.1) is 0 Å². The number of aliphatic hydroxyl groups excluding tert-OH is 1. The molecule has 1 N–H and O–H groups in total. The van der Waals surface area contributed by atoms with E-state index in [-0.39, 0.29) is 12.5 Å². The van der Waals surface area contributed by atoms with Gasteiger partial charge in [0.1, 0.15) is 5.78 Å². The van der Waals surface area contributed by atoms with Gasteiger partial charge in [-0.1, -0.05) is 13.8 Å². The number of hydrogen-bond acceptors (Lipinski definition) is 3. The van der Waals surface area contributed by atoms with Crippen LogP contribution in [0.15, 0.2) is 0 Å². The average molecular weight is 227 g/mol. The highest BCUT2D eigenvalue weighted by Crippen LogP contribution is 2.23. The van der Waals surface area contributed by atoms with Gasteiger partial charge in [-0.05, 0) is 25.7 Å². The number of rotatable bonds is 7. The van der Waals surface area contributed by atoms with Crippen molar-refractivity contribution in [3.05, 3.63) is 0 Å². The lowest BCUT2D eigenvalue weighted by atomic mass is 10.0. The summed E-state index contributed by atoms with van der Waals surface area (Å²) in [5, 5.41) is 9.09. The molecule has 0 spiro atoms. The first-order valence-corrected chi connectivity index (χ1v) is 6.60. The molecule has 1 rings (SSSR count). The molecule has 0 saturated heterocycles. The average Bonchev–Trinajstić information content (AvgIpc) is 2.66. The van der Waals surface area contributed by atoms with E-state index in [9.17, 15) is 4.79 Å². The predicted octanol–water partition coefficient (Wildman–Crippen LogP) is 1.84. The van der Waals surface area contributed by atoms with Crippen LogP contribution >= 0.6 is 0 Å². The minimum absolute atomic E-state index is 0.192. The quantitative estimate of drug-likeness (QED) is 0.721. The molecule has 3 nitrogen and oxygen atoms in total. The van der Waals surface area contributed by atoms with Gasteiger partial charge >= 0.3 is 0 Å². The highest BCUT2D eigenvalue weighted by Gasteiger charge is 2.28. The Kier molecular flexibility index (Phi) is 5.99. The van der Waals surface area contributed by atoms with Crippen molar-refractivity contribution in [2.24, 2.45) is 5.92 Å². The summed E-state index contributed by atoms with van der Waals surface area (Å²) in [5.74, 6) is 0.654. The molecule has 0 bridgehead atoms. The van der Waals surface area contributed by atoms with Gasteiger partial charge in [-0.2, -0.15) is 0 Å². The molecule has 0 aromatic rings.